The van der Waals surface area contributed by atoms with Gasteiger partial charge in [-0.25, -0.2) is 15.2 Å². The molecule has 10 heteroatoms. The molecule has 0 aliphatic carbocycles. The van der Waals surface area contributed by atoms with Crippen LogP contribution in [0.4, 0.5) is 4.79 Å². The molecule has 9 nitrogen and oxygen atoms in total. The minimum Gasteiger partial charge on any atom is -0.445 e. The summed E-state index contributed by atoms with van der Waals surface area (Å²) >= 11 is 6.44. The van der Waals surface area contributed by atoms with Gasteiger partial charge in [0.25, 0.3) is 5.91 Å². The van der Waals surface area contributed by atoms with Gasteiger partial charge in [-0.05, 0) is 30.2 Å². The number of rotatable bonds is 10. The first kappa shape index (κ1) is 27.7. The molecule has 2 amide bonds. The molecule has 0 saturated heterocycles. The van der Waals surface area contributed by atoms with Gasteiger partial charge >= 0.3 is 6.09 Å². The van der Waals surface area contributed by atoms with Crippen LogP contribution < -0.4 is 10.7 Å². The third-order valence-corrected chi connectivity index (χ3v) is 7.10. The summed E-state index contributed by atoms with van der Waals surface area (Å²) in [7, 11) is 0. The molecule has 41 heavy (non-hydrogen) atoms. The monoisotopic (exact) mass is 568 g/mol. The van der Waals surface area contributed by atoms with E-state index in [1.165, 1.54) is 6.33 Å². The molecule has 5 rings (SSSR count). The van der Waals surface area contributed by atoms with E-state index in [9.17, 15) is 9.59 Å². The molecule has 0 bridgehead atoms. The zero-order valence-corrected chi connectivity index (χ0v) is 23.1. The van der Waals surface area contributed by atoms with Crippen LogP contribution in [0, 0.1) is 6.92 Å². The summed E-state index contributed by atoms with van der Waals surface area (Å²) in [5.74, 6) is -0.495. The number of halogens is 1. The molecular weight excluding hydrogens is 540 g/mol. The van der Waals surface area contributed by atoms with E-state index in [0.717, 1.165) is 33.3 Å². The third-order valence-electron chi connectivity index (χ3n) is 6.73. The van der Waals surface area contributed by atoms with Crippen LogP contribution in [0.5, 0.6) is 0 Å². The summed E-state index contributed by atoms with van der Waals surface area (Å²) in [4.78, 5) is 32.6. The van der Waals surface area contributed by atoms with E-state index in [1.54, 1.807) is 12.4 Å². The molecule has 2 heterocycles. The van der Waals surface area contributed by atoms with Crippen molar-refractivity contribution < 1.29 is 14.3 Å². The molecular formula is C31H29ClN6O3. The molecule has 3 aromatic carbocycles. The van der Waals surface area contributed by atoms with Crippen molar-refractivity contribution in [3.63, 3.8) is 0 Å². The molecule has 0 aliphatic heterocycles. The van der Waals surface area contributed by atoms with Crippen molar-refractivity contribution in [1.82, 2.24) is 25.3 Å². The summed E-state index contributed by atoms with van der Waals surface area (Å²) in [5, 5.41) is 8.59. The zero-order valence-electron chi connectivity index (χ0n) is 22.4. The summed E-state index contributed by atoms with van der Waals surface area (Å²) in [6, 6.07) is 24.1. The zero-order chi connectivity index (χ0) is 28.6. The minimum absolute atomic E-state index is 0.0841. The molecule has 0 radical (unpaired) electrons. The Balaban J connectivity index is 1.31. The van der Waals surface area contributed by atoms with Crippen LogP contribution in [-0.4, -0.2) is 38.8 Å². The molecule has 0 unspecified atom stereocenters. The maximum absolute atomic E-state index is 13.2. The van der Waals surface area contributed by atoms with Crippen molar-refractivity contribution >= 4 is 40.7 Å². The van der Waals surface area contributed by atoms with E-state index >= 15 is 0 Å². The Labute approximate surface area is 242 Å². The summed E-state index contributed by atoms with van der Waals surface area (Å²) in [5.41, 5.74) is 7.96. The van der Waals surface area contributed by atoms with E-state index < -0.39 is 18.0 Å². The van der Waals surface area contributed by atoms with Crippen molar-refractivity contribution in [2.45, 2.75) is 32.5 Å². The van der Waals surface area contributed by atoms with Crippen molar-refractivity contribution in [3.8, 4) is 0 Å². The number of fused-ring (bicyclic) bond motifs is 1. The molecule has 0 spiro atoms. The fraction of sp³-hybridized carbons (Fsp3) is 0.161. The van der Waals surface area contributed by atoms with Crippen LogP contribution in [0.2, 0.25) is 5.02 Å². The highest BCUT2D eigenvalue weighted by atomic mass is 35.5. The van der Waals surface area contributed by atoms with Crippen molar-refractivity contribution in [3.05, 3.63) is 124 Å². The van der Waals surface area contributed by atoms with Crippen LogP contribution in [0.1, 0.15) is 28.1 Å². The number of nitrogens with one attached hydrogen (secondary N) is 3. The van der Waals surface area contributed by atoms with Gasteiger partial charge in [0.15, 0.2) is 0 Å². The lowest BCUT2D eigenvalue weighted by atomic mass is 10.1. The van der Waals surface area contributed by atoms with Gasteiger partial charge in [0.05, 0.1) is 12.5 Å². The first-order chi connectivity index (χ1) is 20.0. The second-order valence-corrected chi connectivity index (χ2v) is 9.87. The van der Waals surface area contributed by atoms with Crippen molar-refractivity contribution in [2.75, 3.05) is 0 Å². The van der Waals surface area contributed by atoms with E-state index in [2.05, 4.69) is 30.4 Å². The Morgan fingerprint density at radius 1 is 1.07 bits per heavy atom. The number of aromatic amines is 1. The van der Waals surface area contributed by atoms with E-state index in [-0.39, 0.29) is 13.0 Å². The first-order valence-corrected chi connectivity index (χ1v) is 13.5. The Morgan fingerprint density at radius 2 is 1.83 bits per heavy atom. The Kier molecular flexibility index (Phi) is 8.76. The number of nitrogens with zero attached hydrogens (tertiary/aromatic N) is 3. The molecule has 0 aliphatic rings. The maximum atomic E-state index is 13.2. The van der Waals surface area contributed by atoms with Gasteiger partial charge in [0, 0.05) is 52.0 Å². The lowest BCUT2D eigenvalue weighted by Crippen LogP contribution is -2.47. The minimum atomic E-state index is -0.946. The number of H-pyrrole nitrogens is 1. The molecule has 0 saturated carbocycles. The van der Waals surface area contributed by atoms with Crippen LogP contribution >= 0.6 is 11.6 Å². The average molecular weight is 569 g/mol. The molecule has 1 atom stereocenters. The number of para-hydroxylation sites is 1. The highest BCUT2D eigenvalue weighted by Crippen LogP contribution is 2.27. The summed E-state index contributed by atoms with van der Waals surface area (Å²) in [6.45, 7) is 2.68. The van der Waals surface area contributed by atoms with Gasteiger partial charge in [0.2, 0.25) is 0 Å². The standard InChI is InChI=1S/C31H29ClN6O3/c1-21-26(25-12-6-8-14-29(25)38(21)18-23-11-5-7-13-27(23)32)17-35-37-30(39)28(15-24-16-33-20-34-24)36-31(40)41-19-22-9-3-2-4-10-22/h2-14,16-17,20,28H,15,18-19H2,1H3,(H,33,34)(H,36,40)(H,37,39)/b35-17-/t28-/m1/s1. The number of amides is 2. The second kappa shape index (κ2) is 13.0. The van der Waals surface area contributed by atoms with Gasteiger partial charge in [-0.3, -0.25) is 4.79 Å². The number of imidazole rings is 1. The predicted octanol–water partition coefficient (Wildman–Crippen LogP) is 5.36. The van der Waals surface area contributed by atoms with Gasteiger partial charge in [-0.1, -0.05) is 78.3 Å². The number of aromatic nitrogens is 3. The number of hydrogen-bond donors (Lipinski definition) is 3. The first-order valence-electron chi connectivity index (χ1n) is 13.1. The molecule has 2 aromatic heterocycles. The fourth-order valence-corrected chi connectivity index (χ4v) is 4.79. The SMILES string of the molecule is Cc1c(/C=N\NC(=O)[C@@H](Cc2cnc[nH]2)NC(=O)OCc2ccccc2)c2ccccc2n1Cc1ccccc1Cl. The molecule has 208 valence electrons. The van der Waals surface area contributed by atoms with Gasteiger partial charge in [-0.2, -0.15) is 5.10 Å². The number of benzene rings is 3. The number of ether oxygens (including phenoxy) is 1. The fourth-order valence-electron chi connectivity index (χ4n) is 4.59. The Morgan fingerprint density at radius 3 is 2.61 bits per heavy atom. The number of carbonyl (C=O) groups excluding carboxylic acids is 2. The average Bonchev–Trinajstić information content (AvgIpc) is 3.60. The van der Waals surface area contributed by atoms with E-state index in [0.29, 0.717) is 17.3 Å². The molecule has 5 aromatic rings. The van der Waals surface area contributed by atoms with E-state index in [4.69, 9.17) is 16.3 Å². The topological polar surface area (TPSA) is 113 Å². The molecule has 0 fully saturated rings. The lowest BCUT2D eigenvalue weighted by molar-refractivity contribution is -0.123. The highest BCUT2D eigenvalue weighted by molar-refractivity contribution is 6.31. The van der Waals surface area contributed by atoms with Crippen LogP contribution in [0.25, 0.3) is 10.9 Å². The lowest BCUT2D eigenvalue weighted by Gasteiger charge is -2.16. The van der Waals surface area contributed by atoms with Gasteiger partial charge < -0.3 is 19.6 Å². The van der Waals surface area contributed by atoms with Crippen molar-refractivity contribution in [1.29, 1.82) is 0 Å². The summed E-state index contributed by atoms with van der Waals surface area (Å²) < 4.78 is 7.49. The largest absolute Gasteiger partial charge is 0.445 e. The van der Waals surface area contributed by atoms with Crippen molar-refractivity contribution in [2.24, 2.45) is 5.10 Å². The Bertz CT molecular complexity index is 1660. The van der Waals surface area contributed by atoms with Gasteiger partial charge in [-0.15, -0.1) is 0 Å². The van der Waals surface area contributed by atoms with E-state index in [1.807, 2.05) is 85.8 Å². The maximum Gasteiger partial charge on any atom is 0.408 e. The number of alkyl carbamates (subject to hydrolysis) is 1. The Hall–Kier alpha value is -4.89. The van der Waals surface area contributed by atoms with Crippen LogP contribution in [-0.2, 0) is 29.1 Å². The quantitative estimate of drug-likeness (QED) is 0.155. The van der Waals surface area contributed by atoms with Gasteiger partial charge in [0.1, 0.15) is 12.6 Å². The smallest absolute Gasteiger partial charge is 0.408 e. The van der Waals surface area contributed by atoms with Crippen LogP contribution in [0.15, 0.2) is 96.5 Å². The highest BCUT2D eigenvalue weighted by Gasteiger charge is 2.23. The third kappa shape index (κ3) is 6.82. The number of hydrazone groups is 1. The van der Waals surface area contributed by atoms with Crippen LogP contribution in [0.3, 0.4) is 0 Å². The molecule has 3 N–H and O–H groups in total. The normalized spacial score (nSPS) is 12.0. The predicted molar refractivity (Wildman–Crippen MR) is 159 cm³/mol. The number of carbonyl (C=O) groups is 2. The number of hydrogen-bond acceptors (Lipinski definition) is 5. The second-order valence-electron chi connectivity index (χ2n) is 9.47. The summed E-state index contributed by atoms with van der Waals surface area (Å²) in [6.07, 6.45) is 4.20.